The second kappa shape index (κ2) is 10.4. The molecule has 1 aliphatic rings. The van der Waals surface area contributed by atoms with Crippen molar-refractivity contribution < 1.29 is 14.3 Å². The summed E-state index contributed by atoms with van der Waals surface area (Å²) in [6.45, 7) is 1.19. The maximum atomic E-state index is 11.9. The van der Waals surface area contributed by atoms with Gasteiger partial charge in [0, 0.05) is 24.0 Å². The Hall–Kier alpha value is -2.14. The van der Waals surface area contributed by atoms with Gasteiger partial charge < -0.3 is 14.3 Å². The number of aliphatic hydroxyl groups is 1. The number of ether oxygens (including phenoxy) is 1. The van der Waals surface area contributed by atoms with Crippen LogP contribution >= 0.6 is 11.6 Å². The van der Waals surface area contributed by atoms with Gasteiger partial charge in [-0.2, -0.15) is 0 Å². The van der Waals surface area contributed by atoms with Crippen molar-refractivity contribution in [3.05, 3.63) is 88.6 Å². The van der Waals surface area contributed by atoms with Gasteiger partial charge in [0.1, 0.15) is 5.76 Å². The first-order valence-corrected chi connectivity index (χ1v) is 11.6. The highest BCUT2D eigenvalue weighted by Crippen LogP contribution is 2.43. The molecular formula is C26H30ClNO3. The number of rotatable bonds is 9. The monoisotopic (exact) mass is 439 g/mol. The summed E-state index contributed by atoms with van der Waals surface area (Å²) in [7, 11) is 0. The molecule has 4 rings (SSSR count). The lowest BCUT2D eigenvalue weighted by Gasteiger charge is -2.36. The van der Waals surface area contributed by atoms with Crippen LogP contribution in [-0.2, 0) is 23.4 Å². The van der Waals surface area contributed by atoms with Crippen molar-refractivity contribution in [3.63, 3.8) is 0 Å². The molecule has 0 amide bonds. The lowest BCUT2D eigenvalue weighted by Crippen LogP contribution is -2.38. The molecule has 1 aromatic heterocycles. The number of benzene rings is 2. The van der Waals surface area contributed by atoms with E-state index in [9.17, 15) is 5.11 Å². The number of hydrogen-bond donors (Lipinski definition) is 1. The van der Waals surface area contributed by atoms with Crippen LogP contribution in [0.15, 0.2) is 65.2 Å². The molecule has 3 aromatic rings. The first-order valence-electron chi connectivity index (χ1n) is 11.2. The van der Waals surface area contributed by atoms with Crippen LogP contribution in [0.2, 0.25) is 5.02 Å². The summed E-state index contributed by atoms with van der Waals surface area (Å²) in [5.41, 5.74) is 0.790. The molecule has 5 heteroatoms. The summed E-state index contributed by atoms with van der Waals surface area (Å²) in [5.74, 6) is 1.33. The molecule has 1 aliphatic carbocycles. The largest absolute Gasteiger partial charge is 0.442 e. The second-order valence-corrected chi connectivity index (χ2v) is 8.82. The summed E-state index contributed by atoms with van der Waals surface area (Å²) in [6.07, 6.45) is 8.79. The minimum atomic E-state index is -1.18. The van der Waals surface area contributed by atoms with Gasteiger partial charge in [0.25, 0.3) is 0 Å². The molecule has 0 unspecified atom stereocenters. The average Bonchev–Trinajstić information content (AvgIpc) is 3.30. The highest BCUT2D eigenvalue weighted by molar-refractivity contribution is 6.30. The van der Waals surface area contributed by atoms with Gasteiger partial charge in [-0.15, -0.1) is 0 Å². The topological polar surface area (TPSA) is 55.5 Å². The predicted molar refractivity (Wildman–Crippen MR) is 122 cm³/mol. The van der Waals surface area contributed by atoms with E-state index in [1.807, 2.05) is 54.6 Å². The van der Waals surface area contributed by atoms with Crippen LogP contribution in [0, 0.1) is 5.92 Å². The number of aromatic nitrogens is 1. The Bertz CT molecular complexity index is 935. The molecule has 31 heavy (non-hydrogen) atoms. The van der Waals surface area contributed by atoms with Crippen LogP contribution in [0.25, 0.3) is 0 Å². The van der Waals surface area contributed by atoms with E-state index in [-0.39, 0.29) is 5.92 Å². The van der Waals surface area contributed by atoms with Crippen LogP contribution in [0.4, 0.5) is 0 Å². The van der Waals surface area contributed by atoms with Crippen molar-refractivity contribution in [2.24, 2.45) is 5.92 Å². The first-order chi connectivity index (χ1) is 15.2. The van der Waals surface area contributed by atoms with Gasteiger partial charge in [0.05, 0.1) is 12.8 Å². The standard InChI is InChI=1S/C26H30ClNO3/c27-23-15-13-20(14-16-23)19-30-17-7-12-24-18-28-25(31-24)26(29,21-8-3-1-4-9-21)22-10-5-2-6-11-22/h1,3-4,8-9,13-16,18,22,29H,2,5-7,10-12,17,19H2/t26-/m0/s1. The molecule has 4 nitrogen and oxygen atoms in total. The lowest BCUT2D eigenvalue weighted by molar-refractivity contribution is -0.0239. The van der Waals surface area contributed by atoms with E-state index in [1.54, 1.807) is 6.20 Å². The number of nitrogens with zero attached hydrogens (tertiary/aromatic N) is 1. The molecule has 1 N–H and O–H groups in total. The molecule has 164 valence electrons. The van der Waals surface area contributed by atoms with E-state index in [4.69, 9.17) is 20.8 Å². The van der Waals surface area contributed by atoms with Gasteiger partial charge in [0.2, 0.25) is 5.89 Å². The average molecular weight is 440 g/mol. The Balaban J connectivity index is 1.37. The van der Waals surface area contributed by atoms with Gasteiger partial charge in [-0.05, 0) is 42.5 Å². The molecule has 0 saturated heterocycles. The van der Waals surface area contributed by atoms with Gasteiger partial charge in [-0.1, -0.05) is 73.3 Å². The van der Waals surface area contributed by atoms with E-state index < -0.39 is 5.60 Å². The van der Waals surface area contributed by atoms with Gasteiger partial charge in [-0.25, -0.2) is 4.98 Å². The zero-order valence-electron chi connectivity index (χ0n) is 17.8. The SMILES string of the molecule is O[C@](c1ccccc1)(c1ncc(CCCOCc2ccc(Cl)cc2)o1)C1CCCCC1. The van der Waals surface area contributed by atoms with Crippen molar-refractivity contribution in [1.82, 2.24) is 4.98 Å². The zero-order chi connectivity index (χ0) is 21.5. The van der Waals surface area contributed by atoms with E-state index >= 15 is 0 Å². The molecule has 2 aromatic carbocycles. The predicted octanol–water partition coefficient (Wildman–Crippen LogP) is 6.29. The summed E-state index contributed by atoms with van der Waals surface area (Å²) in [6, 6.07) is 17.5. The maximum Gasteiger partial charge on any atom is 0.231 e. The van der Waals surface area contributed by atoms with Crippen molar-refractivity contribution in [2.75, 3.05) is 6.61 Å². The normalized spacial score (nSPS) is 16.8. The van der Waals surface area contributed by atoms with Crippen molar-refractivity contribution in [1.29, 1.82) is 0 Å². The summed E-state index contributed by atoms with van der Waals surface area (Å²) >= 11 is 5.91. The fraction of sp³-hybridized carbons (Fsp3) is 0.423. The number of halogens is 1. The smallest absolute Gasteiger partial charge is 0.231 e. The Morgan fingerprint density at radius 2 is 1.77 bits per heavy atom. The second-order valence-electron chi connectivity index (χ2n) is 8.38. The van der Waals surface area contributed by atoms with E-state index in [2.05, 4.69) is 4.98 Å². The minimum absolute atomic E-state index is 0.123. The molecule has 0 aliphatic heterocycles. The Morgan fingerprint density at radius 1 is 1.03 bits per heavy atom. The molecule has 1 atom stereocenters. The molecule has 1 saturated carbocycles. The lowest BCUT2D eigenvalue weighted by atomic mass is 9.73. The summed E-state index contributed by atoms with van der Waals surface area (Å²) in [5, 5.41) is 12.6. The number of oxazole rings is 1. The van der Waals surface area contributed by atoms with Crippen molar-refractivity contribution in [2.45, 2.75) is 57.2 Å². The van der Waals surface area contributed by atoms with Crippen molar-refractivity contribution in [3.8, 4) is 0 Å². The first kappa shape index (κ1) is 22.1. The molecular weight excluding hydrogens is 410 g/mol. The van der Waals surface area contributed by atoms with Crippen LogP contribution in [-0.4, -0.2) is 16.7 Å². The molecule has 0 bridgehead atoms. The van der Waals surface area contributed by atoms with E-state index in [1.165, 1.54) is 6.42 Å². The van der Waals surface area contributed by atoms with Crippen molar-refractivity contribution >= 4 is 11.6 Å². The summed E-state index contributed by atoms with van der Waals surface area (Å²) in [4.78, 5) is 4.52. The summed E-state index contributed by atoms with van der Waals surface area (Å²) < 4.78 is 11.9. The molecule has 0 radical (unpaired) electrons. The third-order valence-electron chi connectivity index (χ3n) is 6.18. The zero-order valence-corrected chi connectivity index (χ0v) is 18.6. The van der Waals surface area contributed by atoms with E-state index in [0.717, 1.165) is 60.4 Å². The third kappa shape index (κ3) is 5.38. The van der Waals surface area contributed by atoms with Gasteiger partial charge >= 0.3 is 0 Å². The number of hydrogen-bond acceptors (Lipinski definition) is 4. The fourth-order valence-electron chi connectivity index (χ4n) is 4.46. The molecule has 1 fully saturated rings. The number of aryl methyl sites for hydroxylation is 1. The minimum Gasteiger partial charge on any atom is -0.442 e. The van der Waals surface area contributed by atoms with Crippen LogP contribution in [0.1, 0.15) is 61.3 Å². The third-order valence-corrected chi connectivity index (χ3v) is 6.44. The maximum absolute atomic E-state index is 11.9. The van der Waals surface area contributed by atoms with Crippen LogP contribution < -0.4 is 0 Å². The highest BCUT2D eigenvalue weighted by atomic mass is 35.5. The van der Waals surface area contributed by atoms with Gasteiger partial charge in [0.15, 0.2) is 5.60 Å². The van der Waals surface area contributed by atoms with Gasteiger partial charge in [-0.3, -0.25) is 0 Å². The Morgan fingerprint density at radius 3 is 2.52 bits per heavy atom. The van der Waals surface area contributed by atoms with E-state index in [0.29, 0.717) is 19.1 Å². The fourth-order valence-corrected chi connectivity index (χ4v) is 4.59. The molecule has 1 heterocycles. The van der Waals surface area contributed by atoms with Crippen LogP contribution in [0.5, 0.6) is 0 Å². The Kier molecular flexibility index (Phi) is 7.44. The molecule has 0 spiro atoms. The quantitative estimate of drug-likeness (QED) is 0.398. The van der Waals surface area contributed by atoms with Crippen LogP contribution in [0.3, 0.4) is 0 Å². The highest BCUT2D eigenvalue weighted by Gasteiger charge is 2.44. The Labute approximate surface area is 189 Å².